The fraction of sp³-hybridized carbons (Fsp3) is 0.414. The Labute approximate surface area is 229 Å². The van der Waals surface area contributed by atoms with Crippen LogP contribution in [0.3, 0.4) is 0 Å². The van der Waals surface area contributed by atoms with Crippen LogP contribution in [0.5, 0.6) is 11.5 Å². The lowest BCUT2D eigenvalue weighted by molar-refractivity contribution is -0.113. The number of thioether (sulfide) groups is 1. The number of fused-ring (bicyclic) bond motifs is 1. The molecule has 1 amide bonds. The molecule has 4 rings (SSSR count). The van der Waals surface area contributed by atoms with Gasteiger partial charge < -0.3 is 20.1 Å². The van der Waals surface area contributed by atoms with Crippen LogP contribution < -0.4 is 20.1 Å². The Morgan fingerprint density at radius 2 is 1.84 bits per heavy atom. The third-order valence-electron chi connectivity index (χ3n) is 6.18. The summed E-state index contributed by atoms with van der Waals surface area (Å²) in [5.74, 6) is 2.71. The van der Waals surface area contributed by atoms with Crippen molar-refractivity contribution in [1.29, 1.82) is 0 Å². The number of aromatic nitrogens is 3. The zero-order chi connectivity index (χ0) is 26.9. The Morgan fingerprint density at radius 3 is 2.58 bits per heavy atom. The molecule has 2 aromatic carbocycles. The second kappa shape index (κ2) is 13.4. The highest BCUT2D eigenvalue weighted by Crippen LogP contribution is 2.40. The van der Waals surface area contributed by atoms with Crippen LogP contribution in [0.15, 0.2) is 65.0 Å². The van der Waals surface area contributed by atoms with Crippen molar-refractivity contribution in [3.63, 3.8) is 0 Å². The summed E-state index contributed by atoms with van der Waals surface area (Å²) in [5.41, 5.74) is 2.89. The molecule has 8 nitrogen and oxygen atoms in total. The van der Waals surface area contributed by atoms with E-state index in [0.29, 0.717) is 41.4 Å². The van der Waals surface area contributed by atoms with Crippen molar-refractivity contribution >= 4 is 29.3 Å². The number of para-hydroxylation sites is 1. The average Bonchev–Trinajstić information content (AvgIpc) is 3.31. The maximum atomic E-state index is 13.7. The minimum Gasteiger partial charge on any atom is -0.490 e. The molecule has 2 heterocycles. The van der Waals surface area contributed by atoms with Crippen LogP contribution in [0.4, 0.5) is 11.6 Å². The van der Waals surface area contributed by atoms with Crippen LogP contribution in [0.1, 0.15) is 65.0 Å². The third-order valence-corrected chi connectivity index (χ3v) is 7.10. The van der Waals surface area contributed by atoms with Gasteiger partial charge in [0.15, 0.2) is 11.5 Å². The molecule has 0 bridgehead atoms. The highest BCUT2D eigenvalue weighted by molar-refractivity contribution is 7.99. The molecule has 1 aromatic heterocycles. The van der Waals surface area contributed by atoms with Gasteiger partial charge in [0, 0.05) is 17.1 Å². The number of anilines is 2. The largest absolute Gasteiger partial charge is 0.490 e. The monoisotopic (exact) mass is 535 g/mol. The Balaban J connectivity index is 1.75. The summed E-state index contributed by atoms with van der Waals surface area (Å²) in [6, 6.07) is 14.8. The summed E-state index contributed by atoms with van der Waals surface area (Å²) < 4.78 is 13.8. The molecule has 1 atom stereocenters. The maximum absolute atomic E-state index is 13.7. The van der Waals surface area contributed by atoms with Gasteiger partial charge in [0.25, 0.3) is 5.91 Å². The molecule has 1 aliphatic rings. The van der Waals surface area contributed by atoms with Gasteiger partial charge in [-0.05, 0) is 56.5 Å². The number of amides is 1. The summed E-state index contributed by atoms with van der Waals surface area (Å²) >= 11 is 1.63. The number of allylic oxidation sites excluding steroid dienone is 1. The number of hydrogen-bond donors (Lipinski definition) is 2. The van der Waals surface area contributed by atoms with Gasteiger partial charge in [-0.25, -0.2) is 4.68 Å². The van der Waals surface area contributed by atoms with Gasteiger partial charge in [-0.2, -0.15) is 4.98 Å². The number of carbonyl (C=O) groups excluding carboxylic acids is 1. The molecule has 0 saturated heterocycles. The lowest BCUT2D eigenvalue weighted by atomic mass is 9.94. The third kappa shape index (κ3) is 6.51. The van der Waals surface area contributed by atoms with E-state index in [9.17, 15) is 4.79 Å². The Bertz CT molecular complexity index is 1260. The number of carbonyl (C=O) groups is 1. The van der Waals surface area contributed by atoms with Crippen LogP contribution in [-0.2, 0) is 4.79 Å². The summed E-state index contributed by atoms with van der Waals surface area (Å²) in [6.07, 6.45) is 4.21. The lowest BCUT2D eigenvalue weighted by Crippen LogP contribution is -2.31. The SMILES string of the molecule is CCCCOc1ccc(C2C(C(=O)Nc3ccccc3)=C(C)Nc3nc(SCCCC)nn32)cc1OCC. The number of hydrogen-bond acceptors (Lipinski definition) is 7. The molecular weight excluding hydrogens is 498 g/mol. The van der Waals surface area contributed by atoms with Crippen molar-refractivity contribution in [3.8, 4) is 11.5 Å². The van der Waals surface area contributed by atoms with Crippen molar-refractivity contribution in [3.05, 3.63) is 65.4 Å². The van der Waals surface area contributed by atoms with Gasteiger partial charge in [-0.1, -0.05) is 62.7 Å². The van der Waals surface area contributed by atoms with Gasteiger partial charge >= 0.3 is 0 Å². The Morgan fingerprint density at radius 1 is 1.05 bits per heavy atom. The molecule has 1 aliphatic heterocycles. The van der Waals surface area contributed by atoms with Crippen molar-refractivity contribution in [1.82, 2.24) is 14.8 Å². The molecule has 1 unspecified atom stereocenters. The van der Waals surface area contributed by atoms with Crippen molar-refractivity contribution < 1.29 is 14.3 Å². The number of nitrogens with zero attached hydrogens (tertiary/aromatic N) is 3. The van der Waals surface area contributed by atoms with Gasteiger partial charge in [-0.3, -0.25) is 4.79 Å². The van der Waals surface area contributed by atoms with E-state index in [4.69, 9.17) is 19.6 Å². The van der Waals surface area contributed by atoms with Crippen LogP contribution in [0.25, 0.3) is 0 Å². The van der Waals surface area contributed by atoms with E-state index < -0.39 is 6.04 Å². The zero-order valence-corrected chi connectivity index (χ0v) is 23.4. The second-order valence-electron chi connectivity index (χ2n) is 9.09. The highest BCUT2D eigenvalue weighted by Gasteiger charge is 2.35. The number of ether oxygens (including phenoxy) is 2. The molecule has 38 heavy (non-hydrogen) atoms. The molecule has 3 aromatic rings. The first-order valence-electron chi connectivity index (χ1n) is 13.4. The van der Waals surface area contributed by atoms with Crippen LogP contribution in [0.2, 0.25) is 0 Å². The molecule has 0 saturated carbocycles. The van der Waals surface area contributed by atoms with Crippen LogP contribution >= 0.6 is 11.8 Å². The smallest absolute Gasteiger partial charge is 0.255 e. The summed E-state index contributed by atoms with van der Waals surface area (Å²) in [4.78, 5) is 18.4. The fourth-order valence-electron chi connectivity index (χ4n) is 4.23. The van der Waals surface area contributed by atoms with E-state index >= 15 is 0 Å². The number of nitrogens with one attached hydrogen (secondary N) is 2. The lowest BCUT2D eigenvalue weighted by Gasteiger charge is -2.29. The predicted octanol–water partition coefficient (Wildman–Crippen LogP) is 6.68. The van der Waals surface area contributed by atoms with Gasteiger partial charge in [0.2, 0.25) is 11.1 Å². The molecular formula is C29H37N5O3S. The van der Waals surface area contributed by atoms with Crippen LogP contribution in [0, 0.1) is 0 Å². The standard InChI is InChI=1S/C29H37N5O3S/c1-5-8-17-37-23-16-15-21(19-24(23)36-7-3)26-25(27(35)31-22-13-11-10-12-14-22)20(4)30-28-32-29(33-34(26)28)38-18-9-6-2/h10-16,19,26H,5-9,17-18H2,1-4H3,(H,31,35)(H,30,32,33). The second-order valence-corrected chi connectivity index (χ2v) is 10.2. The van der Waals surface area contributed by atoms with E-state index in [1.165, 1.54) is 0 Å². The molecule has 2 N–H and O–H groups in total. The quantitative estimate of drug-likeness (QED) is 0.186. The van der Waals surface area contributed by atoms with Gasteiger partial charge in [-0.15, -0.1) is 5.10 Å². The summed E-state index contributed by atoms with van der Waals surface area (Å²) in [7, 11) is 0. The Kier molecular flexibility index (Phi) is 9.70. The predicted molar refractivity (Wildman–Crippen MR) is 153 cm³/mol. The fourth-order valence-corrected chi connectivity index (χ4v) is 5.14. The normalized spacial score (nSPS) is 14.6. The molecule has 202 valence electrons. The van der Waals surface area contributed by atoms with Crippen molar-refractivity contribution in [2.75, 3.05) is 29.6 Å². The number of rotatable bonds is 13. The average molecular weight is 536 g/mol. The van der Waals surface area contributed by atoms with E-state index in [2.05, 4.69) is 24.5 Å². The molecule has 0 fully saturated rings. The minimum atomic E-state index is -0.494. The first-order valence-corrected chi connectivity index (χ1v) is 14.4. The maximum Gasteiger partial charge on any atom is 0.255 e. The van der Waals surface area contributed by atoms with Gasteiger partial charge in [0.05, 0.1) is 18.8 Å². The van der Waals surface area contributed by atoms with Gasteiger partial charge in [0.1, 0.15) is 6.04 Å². The molecule has 0 spiro atoms. The molecule has 0 aliphatic carbocycles. The summed E-state index contributed by atoms with van der Waals surface area (Å²) in [6.45, 7) is 9.28. The Hall–Kier alpha value is -3.46. The molecule has 9 heteroatoms. The first kappa shape index (κ1) is 27.6. The van der Waals surface area contributed by atoms with Crippen molar-refractivity contribution in [2.24, 2.45) is 0 Å². The first-order chi connectivity index (χ1) is 18.5. The van der Waals surface area contributed by atoms with E-state index in [0.717, 1.165) is 48.4 Å². The van der Waals surface area contributed by atoms with Crippen molar-refractivity contribution in [2.45, 2.75) is 64.6 Å². The zero-order valence-electron chi connectivity index (χ0n) is 22.6. The highest BCUT2D eigenvalue weighted by atomic mass is 32.2. The van der Waals surface area contributed by atoms with Crippen LogP contribution in [-0.4, -0.2) is 39.6 Å². The topological polar surface area (TPSA) is 90.3 Å². The number of unbranched alkanes of at least 4 members (excludes halogenated alkanes) is 2. The van der Waals surface area contributed by atoms with E-state index in [1.807, 2.05) is 67.1 Å². The number of benzene rings is 2. The molecule has 0 radical (unpaired) electrons. The summed E-state index contributed by atoms with van der Waals surface area (Å²) in [5, 5.41) is 11.9. The minimum absolute atomic E-state index is 0.200. The van der Waals surface area contributed by atoms with E-state index in [-0.39, 0.29) is 5.91 Å². The van der Waals surface area contributed by atoms with E-state index in [1.54, 1.807) is 11.8 Å².